The van der Waals surface area contributed by atoms with Crippen LogP contribution in [0.4, 0.5) is 13.2 Å². The molecule has 0 radical (unpaired) electrons. The fourth-order valence-corrected chi connectivity index (χ4v) is 2.13. The maximum Gasteiger partial charge on any atom is 0.417 e. The Labute approximate surface area is 130 Å². The van der Waals surface area contributed by atoms with Gasteiger partial charge in [0.15, 0.2) is 5.78 Å². The smallest absolute Gasteiger partial charge is 0.417 e. The summed E-state index contributed by atoms with van der Waals surface area (Å²) in [6.07, 6.45) is -3.79. The Balaban J connectivity index is 2.48. The third kappa shape index (κ3) is 3.80. The number of carbonyl (C=O) groups excluding carboxylic acids is 1. The minimum atomic E-state index is -4.54. The van der Waals surface area contributed by atoms with Gasteiger partial charge in [-0.1, -0.05) is 0 Å². The maximum absolute atomic E-state index is 12.8. The number of methoxy groups -OCH3 is 1. The molecular weight excluding hydrogens is 311 g/mol. The van der Waals surface area contributed by atoms with E-state index in [9.17, 15) is 22.8 Å². The third-order valence-corrected chi connectivity index (χ3v) is 3.34. The van der Waals surface area contributed by atoms with Crippen molar-refractivity contribution in [2.24, 2.45) is 0 Å². The topological polar surface area (TPSA) is 48.3 Å². The lowest BCUT2D eigenvalue weighted by Crippen LogP contribution is -2.22. The van der Waals surface area contributed by atoms with Crippen molar-refractivity contribution in [2.75, 3.05) is 7.11 Å². The summed E-state index contributed by atoms with van der Waals surface area (Å²) in [5.41, 5.74) is -0.658. The predicted octanol–water partition coefficient (Wildman–Crippen LogP) is 3.13. The van der Waals surface area contributed by atoms with Gasteiger partial charge in [0.05, 0.1) is 19.2 Å². The van der Waals surface area contributed by atoms with E-state index in [-0.39, 0.29) is 12.3 Å². The Morgan fingerprint density at radius 2 is 1.91 bits per heavy atom. The van der Waals surface area contributed by atoms with Gasteiger partial charge in [-0.15, -0.1) is 0 Å². The average molecular weight is 325 g/mol. The van der Waals surface area contributed by atoms with Gasteiger partial charge in [0.1, 0.15) is 5.75 Å². The minimum absolute atomic E-state index is 0.132. The molecule has 23 heavy (non-hydrogen) atoms. The van der Waals surface area contributed by atoms with E-state index in [0.29, 0.717) is 16.9 Å². The van der Waals surface area contributed by atoms with Gasteiger partial charge < -0.3 is 9.30 Å². The number of pyridine rings is 1. The molecule has 122 valence electrons. The monoisotopic (exact) mass is 325 g/mol. The molecule has 0 atom stereocenters. The lowest BCUT2D eigenvalue weighted by atomic mass is 10.1. The van der Waals surface area contributed by atoms with Gasteiger partial charge in [-0.3, -0.25) is 9.59 Å². The summed E-state index contributed by atoms with van der Waals surface area (Å²) >= 11 is 0. The Hall–Kier alpha value is -2.57. The number of ether oxygens (including phenoxy) is 1. The van der Waals surface area contributed by atoms with Crippen LogP contribution in [0.1, 0.15) is 28.4 Å². The van der Waals surface area contributed by atoms with Crippen LogP contribution in [0.2, 0.25) is 0 Å². The molecule has 0 saturated heterocycles. The summed E-state index contributed by atoms with van der Waals surface area (Å²) in [6.45, 7) is 1.25. The van der Waals surface area contributed by atoms with Gasteiger partial charge in [-0.2, -0.15) is 13.2 Å². The molecule has 4 nitrogen and oxygen atoms in total. The van der Waals surface area contributed by atoms with Gasteiger partial charge in [0.2, 0.25) is 0 Å². The molecule has 1 heterocycles. The first-order valence-electron chi connectivity index (χ1n) is 6.68. The second-order valence-corrected chi connectivity index (χ2v) is 4.96. The van der Waals surface area contributed by atoms with E-state index in [4.69, 9.17) is 4.74 Å². The van der Waals surface area contributed by atoms with E-state index in [1.807, 2.05) is 0 Å². The molecular formula is C16H14F3NO3. The number of hydrogen-bond donors (Lipinski definition) is 0. The molecule has 0 unspecified atom stereocenters. The van der Waals surface area contributed by atoms with Gasteiger partial charge >= 0.3 is 6.18 Å². The van der Waals surface area contributed by atoms with Crippen molar-refractivity contribution < 1.29 is 22.7 Å². The summed E-state index contributed by atoms with van der Waals surface area (Å²) in [4.78, 5) is 23.3. The lowest BCUT2D eigenvalue weighted by molar-refractivity contribution is -0.138. The van der Waals surface area contributed by atoms with Crippen LogP contribution in [0.3, 0.4) is 0 Å². The highest BCUT2D eigenvalue weighted by Gasteiger charge is 2.31. The molecule has 1 aromatic heterocycles. The summed E-state index contributed by atoms with van der Waals surface area (Å²) in [5, 5.41) is 0. The van der Waals surface area contributed by atoms with Crippen LogP contribution in [0.15, 0.2) is 41.3 Å². The number of halogens is 3. The first kappa shape index (κ1) is 16.8. The summed E-state index contributed by atoms with van der Waals surface area (Å²) < 4.78 is 44.4. The highest BCUT2D eigenvalue weighted by molar-refractivity contribution is 5.94. The Morgan fingerprint density at radius 1 is 1.22 bits per heavy atom. The molecule has 0 aliphatic heterocycles. The fraction of sp³-hybridized carbons (Fsp3) is 0.250. The van der Waals surface area contributed by atoms with E-state index in [2.05, 4.69) is 0 Å². The van der Waals surface area contributed by atoms with Crippen molar-refractivity contribution >= 4 is 5.78 Å². The second kappa shape index (κ2) is 6.28. The van der Waals surface area contributed by atoms with Crippen LogP contribution in [0.25, 0.3) is 0 Å². The van der Waals surface area contributed by atoms with Gasteiger partial charge in [-0.25, -0.2) is 0 Å². The number of rotatable bonds is 4. The molecule has 0 bridgehead atoms. The molecule has 0 saturated carbocycles. The molecule has 0 spiro atoms. The molecule has 0 aliphatic carbocycles. The second-order valence-electron chi connectivity index (χ2n) is 4.96. The minimum Gasteiger partial charge on any atom is -0.496 e. The molecule has 0 N–H and O–H groups in total. The number of ketones is 1. The normalized spacial score (nSPS) is 11.3. The molecule has 2 aromatic rings. The number of aromatic nitrogens is 1. The molecule has 7 heteroatoms. The van der Waals surface area contributed by atoms with Crippen molar-refractivity contribution in [1.29, 1.82) is 0 Å². The molecule has 0 amide bonds. The number of benzene rings is 1. The summed E-state index contributed by atoms with van der Waals surface area (Å²) in [5.74, 6) is 0.199. The number of carbonyl (C=O) groups is 1. The van der Waals surface area contributed by atoms with Crippen molar-refractivity contribution in [2.45, 2.75) is 19.6 Å². The number of Topliss-reactive ketones (excluding diaryl/α,β-unsaturated/α-hetero) is 1. The van der Waals surface area contributed by atoms with Crippen LogP contribution < -0.4 is 10.3 Å². The van der Waals surface area contributed by atoms with E-state index < -0.39 is 17.3 Å². The SMILES string of the molecule is COc1ccc(C(C)=O)cc1Cn1cc(C(F)(F)F)ccc1=O. The van der Waals surface area contributed by atoms with Crippen LogP contribution in [0, 0.1) is 0 Å². The van der Waals surface area contributed by atoms with E-state index in [1.54, 1.807) is 12.1 Å². The van der Waals surface area contributed by atoms with Gasteiger partial charge in [0.25, 0.3) is 5.56 Å². The van der Waals surface area contributed by atoms with Crippen molar-refractivity contribution in [3.05, 3.63) is 63.6 Å². The Bertz CT molecular complexity index is 794. The fourth-order valence-electron chi connectivity index (χ4n) is 2.13. The maximum atomic E-state index is 12.8. The summed E-state index contributed by atoms with van der Waals surface area (Å²) in [6, 6.07) is 6.21. The largest absolute Gasteiger partial charge is 0.496 e. The van der Waals surface area contributed by atoms with Crippen molar-refractivity contribution in [3.63, 3.8) is 0 Å². The first-order valence-corrected chi connectivity index (χ1v) is 6.68. The average Bonchev–Trinajstić information content (AvgIpc) is 2.48. The van der Waals surface area contributed by atoms with Crippen LogP contribution >= 0.6 is 0 Å². The van der Waals surface area contributed by atoms with Crippen LogP contribution in [0.5, 0.6) is 5.75 Å². The number of alkyl halides is 3. The first-order chi connectivity index (χ1) is 10.7. The Kier molecular flexibility index (Phi) is 4.58. The summed E-state index contributed by atoms with van der Waals surface area (Å²) in [7, 11) is 1.40. The number of hydrogen-bond acceptors (Lipinski definition) is 3. The van der Waals surface area contributed by atoms with E-state index in [0.717, 1.165) is 22.9 Å². The highest BCUT2D eigenvalue weighted by Crippen LogP contribution is 2.28. The quantitative estimate of drug-likeness (QED) is 0.812. The van der Waals surface area contributed by atoms with E-state index in [1.165, 1.54) is 20.1 Å². The van der Waals surface area contributed by atoms with Gasteiger partial charge in [0, 0.05) is 23.4 Å². The standard InChI is InChI=1S/C16H14F3NO3/c1-10(21)11-3-5-14(23-2)12(7-11)8-20-9-13(16(17,18)19)4-6-15(20)22/h3-7,9H,8H2,1-2H3. The Morgan fingerprint density at radius 3 is 2.48 bits per heavy atom. The van der Waals surface area contributed by atoms with Crippen molar-refractivity contribution in [1.82, 2.24) is 4.57 Å². The zero-order chi connectivity index (χ0) is 17.2. The lowest BCUT2D eigenvalue weighted by Gasteiger charge is -2.13. The van der Waals surface area contributed by atoms with Gasteiger partial charge in [-0.05, 0) is 31.2 Å². The third-order valence-electron chi connectivity index (χ3n) is 3.34. The molecule has 0 aliphatic rings. The molecule has 0 fully saturated rings. The predicted molar refractivity (Wildman–Crippen MR) is 77.8 cm³/mol. The van der Waals surface area contributed by atoms with E-state index >= 15 is 0 Å². The zero-order valence-electron chi connectivity index (χ0n) is 12.5. The zero-order valence-corrected chi connectivity index (χ0v) is 12.5. The highest BCUT2D eigenvalue weighted by atomic mass is 19.4. The molecule has 1 aromatic carbocycles. The van der Waals surface area contributed by atoms with Crippen molar-refractivity contribution in [3.8, 4) is 5.75 Å². The molecule has 2 rings (SSSR count). The van der Waals surface area contributed by atoms with Crippen LogP contribution in [-0.2, 0) is 12.7 Å². The number of nitrogens with zero attached hydrogens (tertiary/aromatic N) is 1. The van der Waals surface area contributed by atoms with Crippen LogP contribution in [-0.4, -0.2) is 17.5 Å².